The number of carbonyl (C=O) groups is 2. The highest BCUT2D eigenvalue weighted by Crippen LogP contribution is 2.14. The predicted octanol–water partition coefficient (Wildman–Crippen LogP) is 1.33. The van der Waals surface area contributed by atoms with Crippen LogP contribution in [-0.4, -0.2) is 27.9 Å². The molecule has 0 heterocycles. The molecule has 0 aromatic heterocycles. The van der Waals surface area contributed by atoms with Crippen molar-refractivity contribution in [1.29, 1.82) is 5.26 Å². The van der Waals surface area contributed by atoms with Gasteiger partial charge in [-0.3, -0.25) is 14.9 Å². The lowest BCUT2D eigenvalue weighted by Gasteiger charge is -2.15. The minimum Gasteiger partial charge on any atom is -0.480 e. The van der Waals surface area contributed by atoms with E-state index in [1.165, 1.54) is 25.1 Å². The second-order valence-corrected chi connectivity index (χ2v) is 4.44. The fourth-order valence-electron chi connectivity index (χ4n) is 1.63. The average molecular weight is 291 g/mol. The first-order valence-corrected chi connectivity index (χ1v) is 6.03. The number of nitriles is 1. The topological polar surface area (TPSA) is 133 Å². The van der Waals surface area contributed by atoms with Crippen molar-refractivity contribution in [1.82, 2.24) is 5.32 Å². The molecule has 0 bridgehead atoms. The molecule has 8 heteroatoms. The van der Waals surface area contributed by atoms with E-state index in [-0.39, 0.29) is 17.7 Å². The molecule has 2 N–H and O–H groups in total. The highest BCUT2D eigenvalue weighted by Gasteiger charge is 2.23. The van der Waals surface area contributed by atoms with Gasteiger partial charge in [-0.15, -0.1) is 0 Å². The van der Waals surface area contributed by atoms with Crippen LogP contribution >= 0.6 is 0 Å². The third kappa shape index (κ3) is 4.58. The number of aliphatic carboxylic acids is 1. The molecule has 0 radical (unpaired) electrons. The second-order valence-electron chi connectivity index (χ2n) is 4.44. The monoisotopic (exact) mass is 291 g/mol. The van der Waals surface area contributed by atoms with Crippen LogP contribution < -0.4 is 5.32 Å². The minimum absolute atomic E-state index is 0.0138. The van der Waals surface area contributed by atoms with E-state index in [0.717, 1.165) is 6.07 Å². The number of hydrogen-bond acceptors (Lipinski definition) is 5. The first-order valence-electron chi connectivity index (χ1n) is 6.03. The number of rotatable bonds is 6. The summed E-state index contributed by atoms with van der Waals surface area (Å²) in [6, 6.07) is 5.61. The first kappa shape index (κ1) is 16.1. The Kier molecular flexibility index (Phi) is 5.37. The zero-order chi connectivity index (χ0) is 16.0. The third-order valence-corrected chi connectivity index (χ3v) is 2.73. The Bertz CT molecular complexity index is 608. The summed E-state index contributed by atoms with van der Waals surface area (Å²) in [5.74, 6) is -2.55. The van der Waals surface area contributed by atoms with Crippen LogP contribution in [0.2, 0.25) is 0 Å². The molecule has 1 rings (SSSR count). The summed E-state index contributed by atoms with van der Waals surface area (Å²) in [5.41, 5.74) is -0.278. The lowest BCUT2D eigenvalue weighted by molar-refractivity contribution is -0.384. The van der Waals surface area contributed by atoms with Gasteiger partial charge in [-0.25, -0.2) is 4.79 Å². The summed E-state index contributed by atoms with van der Waals surface area (Å²) in [6.45, 7) is 1.54. The molecule has 110 valence electrons. The van der Waals surface area contributed by atoms with Gasteiger partial charge in [-0.2, -0.15) is 5.26 Å². The molecule has 1 aromatic rings. The van der Waals surface area contributed by atoms with Gasteiger partial charge >= 0.3 is 5.97 Å². The van der Waals surface area contributed by atoms with Crippen molar-refractivity contribution >= 4 is 17.6 Å². The lowest BCUT2D eigenvalue weighted by atomic mass is 10.0. The van der Waals surface area contributed by atoms with Gasteiger partial charge in [0.1, 0.15) is 6.04 Å². The number of non-ortho nitro benzene ring substituents is 1. The summed E-state index contributed by atoms with van der Waals surface area (Å²) in [5, 5.41) is 30.6. The van der Waals surface area contributed by atoms with Crippen LogP contribution in [0, 0.1) is 27.4 Å². The van der Waals surface area contributed by atoms with E-state index in [1.807, 2.05) is 6.07 Å². The zero-order valence-corrected chi connectivity index (χ0v) is 11.1. The second kappa shape index (κ2) is 7.00. The molecule has 0 aliphatic carbocycles. The molecular weight excluding hydrogens is 278 g/mol. The molecule has 0 aliphatic heterocycles. The number of carboxylic acid groups (broad SMARTS) is 1. The maximum absolute atomic E-state index is 11.9. The van der Waals surface area contributed by atoms with Gasteiger partial charge in [0, 0.05) is 23.6 Å². The van der Waals surface area contributed by atoms with Crippen molar-refractivity contribution < 1.29 is 19.6 Å². The lowest BCUT2D eigenvalue weighted by Crippen LogP contribution is -2.41. The highest BCUT2D eigenvalue weighted by atomic mass is 16.6. The van der Waals surface area contributed by atoms with Crippen LogP contribution in [0.25, 0.3) is 0 Å². The van der Waals surface area contributed by atoms with Crippen molar-refractivity contribution in [2.45, 2.75) is 19.4 Å². The standard InChI is InChI=1S/C13H13N3O5/c1-8(7-14)5-11(13(18)19)15-12(17)9-3-2-4-10(6-9)16(20)21/h2-4,6,8,11H,5H2,1H3,(H,15,17)(H,18,19)/t8-,11+/m1/s1. The number of carbonyl (C=O) groups excluding carboxylic acids is 1. The third-order valence-electron chi connectivity index (χ3n) is 2.73. The molecular formula is C13H13N3O5. The van der Waals surface area contributed by atoms with Crippen LogP contribution in [0.5, 0.6) is 0 Å². The number of hydrogen-bond donors (Lipinski definition) is 2. The van der Waals surface area contributed by atoms with Gasteiger partial charge in [-0.05, 0) is 19.4 Å². The normalized spacial score (nSPS) is 12.8. The highest BCUT2D eigenvalue weighted by molar-refractivity contribution is 5.97. The SMILES string of the molecule is C[C@@H](C#N)C[C@H](NC(=O)c1cccc([N+](=O)[O-])c1)C(=O)O. The average Bonchev–Trinajstić information content (AvgIpc) is 2.46. The molecule has 0 saturated heterocycles. The van der Waals surface area contributed by atoms with Gasteiger partial charge in [-0.1, -0.05) is 6.07 Å². The molecule has 21 heavy (non-hydrogen) atoms. The van der Waals surface area contributed by atoms with Crippen LogP contribution in [0.1, 0.15) is 23.7 Å². The van der Waals surface area contributed by atoms with E-state index in [9.17, 15) is 19.7 Å². The number of nitrogens with one attached hydrogen (secondary N) is 1. The summed E-state index contributed by atoms with van der Waals surface area (Å²) >= 11 is 0. The number of amides is 1. The Morgan fingerprint density at radius 3 is 2.71 bits per heavy atom. The van der Waals surface area contributed by atoms with Crippen molar-refractivity contribution in [2.24, 2.45) is 5.92 Å². The number of nitro groups is 1. The molecule has 8 nitrogen and oxygen atoms in total. The maximum Gasteiger partial charge on any atom is 0.326 e. The number of nitrogens with zero attached hydrogens (tertiary/aromatic N) is 2. The maximum atomic E-state index is 11.9. The summed E-state index contributed by atoms with van der Waals surface area (Å²) < 4.78 is 0. The van der Waals surface area contributed by atoms with E-state index in [4.69, 9.17) is 10.4 Å². The minimum atomic E-state index is -1.27. The fraction of sp³-hybridized carbons (Fsp3) is 0.308. The Morgan fingerprint density at radius 2 is 2.19 bits per heavy atom. The molecule has 0 spiro atoms. The van der Waals surface area contributed by atoms with Gasteiger partial charge in [0.2, 0.25) is 0 Å². The smallest absolute Gasteiger partial charge is 0.326 e. The van der Waals surface area contributed by atoms with Gasteiger partial charge in [0.15, 0.2) is 0 Å². The summed E-state index contributed by atoms with van der Waals surface area (Å²) in [7, 11) is 0. The van der Waals surface area contributed by atoms with E-state index in [2.05, 4.69) is 5.32 Å². The Labute approximate surface area is 120 Å². The Morgan fingerprint density at radius 1 is 1.52 bits per heavy atom. The van der Waals surface area contributed by atoms with Gasteiger partial charge in [0.25, 0.3) is 11.6 Å². The van der Waals surface area contributed by atoms with Crippen LogP contribution in [0.3, 0.4) is 0 Å². The van der Waals surface area contributed by atoms with E-state index < -0.39 is 28.8 Å². The van der Waals surface area contributed by atoms with Crippen LogP contribution in [-0.2, 0) is 4.79 Å². The van der Waals surface area contributed by atoms with Gasteiger partial charge in [0.05, 0.1) is 11.0 Å². The number of benzene rings is 1. The first-order chi connectivity index (χ1) is 9.85. The van der Waals surface area contributed by atoms with Crippen molar-refractivity contribution in [3.8, 4) is 6.07 Å². The quantitative estimate of drug-likeness (QED) is 0.599. The Balaban J connectivity index is 2.87. The molecule has 1 aromatic carbocycles. The fourth-order valence-corrected chi connectivity index (χ4v) is 1.63. The molecule has 0 saturated carbocycles. The largest absolute Gasteiger partial charge is 0.480 e. The molecule has 0 aliphatic rings. The molecule has 0 fully saturated rings. The van der Waals surface area contributed by atoms with Crippen molar-refractivity contribution in [3.63, 3.8) is 0 Å². The summed E-state index contributed by atoms with van der Waals surface area (Å²) in [4.78, 5) is 33.0. The van der Waals surface area contributed by atoms with Crippen LogP contribution in [0.15, 0.2) is 24.3 Å². The number of nitro benzene ring substituents is 1. The Hall–Kier alpha value is -2.95. The van der Waals surface area contributed by atoms with E-state index in [1.54, 1.807) is 0 Å². The zero-order valence-electron chi connectivity index (χ0n) is 11.1. The van der Waals surface area contributed by atoms with E-state index in [0.29, 0.717) is 0 Å². The predicted molar refractivity (Wildman–Crippen MR) is 71.4 cm³/mol. The molecule has 2 atom stereocenters. The van der Waals surface area contributed by atoms with E-state index >= 15 is 0 Å². The van der Waals surface area contributed by atoms with Crippen molar-refractivity contribution in [2.75, 3.05) is 0 Å². The molecule has 1 amide bonds. The summed E-state index contributed by atoms with van der Waals surface area (Å²) in [6.07, 6.45) is -0.0491. The van der Waals surface area contributed by atoms with Crippen molar-refractivity contribution in [3.05, 3.63) is 39.9 Å². The number of carboxylic acids is 1. The molecule has 0 unspecified atom stereocenters. The van der Waals surface area contributed by atoms with Gasteiger partial charge < -0.3 is 10.4 Å². The van der Waals surface area contributed by atoms with Crippen LogP contribution in [0.4, 0.5) is 5.69 Å².